The Morgan fingerprint density at radius 3 is 3.00 bits per heavy atom. The number of nitrogens with zero attached hydrogens (tertiary/aromatic N) is 1. The number of nitrogens with two attached hydrogens (primary N) is 1. The molecule has 2 N–H and O–H groups in total. The highest BCUT2D eigenvalue weighted by Crippen LogP contribution is 2.14. The van der Waals surface area contributed by atoms with Crippen molar-refractivity contribution in [3.8, 4) is 0 Å². The zero-order chi connectivity index (χ0) is 6.04. The van der Waals surface area contributed by atoms with E-state index in [1.807, 2.05) is 0 Å². The number of aliphatic imine (C=N–C) groups is 1. The van der Waals surface area contributed by atoms with Crippen molar-refractivity contribution >= 4 is 6.40 Å². The molecule has 0 aliphatic carbocycles. The van der Waals surface area contributed by atoms with Gasteiger partial charge in [-0.15, -0.1) is 0 Å². The molecule has 8 heavy (non-hydrogen) atoms. The van der Waals surface area contributed by atoms with Gasteiger partial charge >= 0.3 is 0 Å². The van der Waals surface area contributed by atoms with Crippen LogP contribution in [0.5, 0.6) is 0 Å². The van der Waals surface area contributed by atoms with Crippen molar-refractivity contribution in [2.24, 2.45) is 10.7 Å². The summed E-state index contributed by atoms with van der Waals surface area (Å²) in [5, 5.41) is 0. The minimum atomic E-state index is -1.64. The molecule has 46 valence electrons. The molecule has 0 radical (unpaired) electrons. The first-order chi connectivity index (χ1) is 3.77. The van der Waals surface area contributed by atoms with Crippen LogP contribution in [0.15, 0.2) is 4.99 Å². The molecule has 0 aromatic carbocycles. The Balaban J connectivity index is 2.54. The Kier molecular flexibility index (Phi) is 1.17. The molecular formula is C4H7FN2O. The van der Waals surface area contributed by atoms with E-state index in [4.69, 9.17) is 5.73 Å². The third kappa shape index (κ3) is 0.790. The van der Waals surface area contributed by atoms with E-state index in [0.717, 1.165) is 6.40 Å². The molecule has 3 nitrogen and oxygen atoms in total. The van der Waals surface area contributed by atoms with Crippen LogP contribution in [0.3, 0.4) is 0 Å². The van der Waals surface area contributed by atoms with Gasteiger partial charge in [0.1, 0.15) is 6.61 Å². The fourth-order valence-corrected chi connectivity index (χ4v) is 0.446. The summed E-state index contributed by atoms with van der Waals surface area (Å²) in [6.07, 6.45) is 1.09. The van der Waals surface area contributed by atoms with Crippen LogP contribution < -0.4 is 5.73 Å². The maximum Gasteiger partial charge on any atom is 0.248 e. The van der Waals surface area contributed by atoms with Crippen molar-refractivity contribution in [2.45, 2.75) is 5.79 Å². The molecule has 0 bridgehead atoms. The van der Waals surface area contributed by atoms with E-state index in [1.54, 1.807) is 0 Å². The van der Waals surface area contributed by atoms with E-state index in [1.165, 1.54) is 0 Å². The zero-order valence-electron chi connectivity index (χ0n) is 4.30. The third-order valence-electron chi connectivity index (χ3n) is 0.976. The third-order valence-corrected chi connectivity index (χ3v) is 0.976. The minimum absolute atomic E-state index is 0.0382. The summed E-state index contributed by atoms with van der Waals surface area (Å²) in [4.78, 5) is 3.35. The number of hydrogen-bond donors (Lipinski definition) is 1. The Hall–Kier alpha value is -0.640. The van der Waals surface area contributed by atoms with Crippen molar-refractivity contribution in [2.75, 3.05) is 13.2 Å². The largest absolute Gasteiger partial charge is 0.478 e. The Labute approximate surface area is 46.3 Å². The van der Waals surface area contributed by atoms with E-state index < -0.39 is 5.79 Å². The van der Waals surface area contributed by atoms with E-state index in [9.17, 15) is 4.39 Å². The van der Waals surface area contributed by atoms with Crippen LogP contribution in [-0.2, 0) is 4.74 Å². The van der Waals surface area contributed by atoms with Gasteiger partial charge in [0.2, 0.25) is 5.79 Å². The predicted octanol–water partition coefficient (Wildman–Crippen LogP) is -0.331. The number of halogens is 1. The van der Waals surface area contributed by atoms with Crippen molar-refractivity contribution < 1.29 is 9.13 Å². The van der Waals surface area contributed by atoms with Gasteiger partial charge in [-0.1, -0.05) is 0 Å². The molecule has 0 spiro atoms. The SMILES string of the molecule is NCC1(F)COC=N1. The molecule has 0 fully saturated rings. The summed E-state index contributed by atoms with van der Waals surface area (Å²) < 4.78 is 17.1. The number of alkyl halides is 1. The Bertz CT molecular complexity index is 117. The van der Waals surface area contributed by atoms with Crippen LogP contribution in [0.4, 0.5) is 4.39 Å². The summed E-state index contributed by atoms with van der Waals surface area (Å²) >= 11 is 0. The fraction of sp³-hybridized carbons (Fsp3) is 0.750. The standard InChI is InChI=1S/C4H7FN2O/c5-4(1-6)2-8-3-7-4/h3H,1-2,6H2. The second-order valence-electron chi connectivity index (χ2n) is 1.67. The molecule has 1 atom stereocenters. The van der Waals surface area contributed by atoms with Gasteiger partial charge in [0, 0.05) is 0 Å². The summed E-state index contributed by atoms with van der Waals surface area (Å²) in [6, 6.07) is 0. The van der Waals surface area contributed by atoms with Crippen LogP contribution in [0.2, 0.25) is 0 Å². The highest BCUT2D eigenvalue weighted by molar-refractivity contribution is 5.49. The Morgan fingerprint density at radius 1 is 2.00 bits per heavy atom. The summed E-state index contributed by atoms with van der Waals surface area (Å²) in [7, 11) is 0. The van der Waals surface area contributed by atoms with Gasteiger partial charge in [-0.25, -0.2) is 9.38 Å². The molecule has 1 rings (SSSR count). The normalized spacial score (nSPS) is 35.2. The molecule has 0 amide bonds. The van der Waals surface area contributed by atoms with Crippen LogP contribution in [0, 0.1) is 0 Å². The second kappa shape index (κ2) is 1.70. The number of rotatable bonds is 1. The Morgan fingerprint density at radius 2 is 2.75 bits per heavy atom. The molecule has 0 aromatic heterocycles. The first kappa shape index (κ1) is 5.50. The van der Waals surface area contributed by atoms with E-state index in [0.29, 0.717) is 0 Å². The summed E-state index contributed by atoms with van der Waals surface area (Å²) in [5.74, 6) is -1.64. The lowest BCUT2D eigenvalue weighted by Crippen LogP contribution is -2.31. The maximum atomic E-state index is 12.6. The molecule has 0 saturated heterocycles. The lowest BCUT2D eigenvalue weighted by atomic mass is 10.3. The predicted molar refractivity (Wildman–Crippen MR) is 27.3 cm³/mol. The molecule has 0 aromatic rings. The van der Waals surface area contributed by atoms with Gasteiger partial charge in [0.15, 0.2) is 6.40 Å². The van der Waals surface area contributed by atoms with Crippen molar-refractivity contribution in [1.29, 1.82) is 0 Å². The first-order valence-corrected chi connectivity index (χ1v) is 2.31. The quantitative estimate of drug-likeness (QED) is 0.479. The molecular weight excluding hydrogens is 111 g/mol. The van der Waals surface area contributed by atoms with Gasteiger partial charge in [-0.05, 0) is 0 Å². The van der Waals surface area contributed by atoms with Gasteiger partial charge in [-0.3, -0.25) is 0 Å². The monoisotopic (exact) mass is 118 g/mol. The van der Waals surface area contributed by atoms with Gasteiger partial charge in [0.05, 0.1) is 6.54 Å². The lowest BCUT2D eigenvalue weighted by molar-refractivity contribution is 0.131. The van der Waals surface area contributed by atoms with Crippen LogP contribution >= 0.6 is 0 Å². The van der Waals surface area contributed by atoms with E-state index >= 15 is 0 Å². The van der Waals surface area contributed by atoms with Gasteiger partial charge in [-0.2, -0.15) is 0 Å². The zero-order valence-corrected chi connectivity index (χ0v) is 4.30. The molecule has 4 heteroatoms. The topological polar surface area (TPSA) is 47.6 Å². The molecule has 1 aliphatic rings. The molecule has 1 unspecified atom stereocenters. The number of ether oxygens (including phenoxy) is 1. The highest BCUT2D eigenvalue weighted by Gasteiger charge is 2.30. The van der Waals surface area contributed by atoms with E-state index in [-0.39, 0.29) is 13.2 Å². The van der Waals surface area contributed by atoms with Crippen molar-refractivity contribution in [3.63, 3.8) is 0 Å². The van der Waals surface area contributed by atoms with Crippen LogP contribution in [0.1, 0.15) is 0 Å². The lowest BCUT2D eigenvalue weighted by Gasteiger charge is -2.08. The average Bonchev–Trinajstić information content (AvgIpc) is 2.17. The molecule has 0 saturated carbocycles. The molecule has 1 heterocycles. The fourth-order valence-electron chi connectivity index (χ4n) is 0.446. The maximum absolute atomic E-state index is 12.6. The smallest absolute Gasteiger partial charge is 0.248 e. The minimum Gasteiger partial charge on any atom is -0.478 e. The summed E-state index contributed by atoms with van der Waals surface area (Å²) in [6.45, 7) is -0.146. The summed E-state index contributed by atoms with van der Waals surface area (Å²) in [5.41, 5.74) is 5.00. The van der Waals surface area contributed by atoms with Crippen molar-refractivity contribution in [1.82, 2.24) is 0 Å². The molecule has 1 aliphatic heterocycles. The second-order valence-corrected chi connectivity index (χ2v) is 1.67. The van der Waals surface area contributed by atoms with Crippen LogP contribution in [-0.4, -0.2) is 25.3 Å². The highest BCUT2D eigenvalue weighted by atomic mass is 19.1. The van der Waals surface area contributed by atoms with Gasteiger partial charge in [0.25, 0.3) is 0 Å². The van der Waals surface area contributed by atoms with Crippen molar-refractivity contribution in [3.05, 3.63) is 0 Å². The van der Waals surface area contributed by atoms with Gasteiger partial charge < -0.3 is 10.5 Å². The average molecular weight is 118 g/mol. The first-order valence-electron chi connectivity index (χ1n) is 2.31. The van der Waals surface area contributed by atoms with Crippen LogP contribution in [0.25, 0.3) is 0 Å². The van der Waals surface area contributed by atoms with E-state index in [2.05, 4.69) is 9.73 Å². The number of hydrogen-bond acceptors (Lipinski definition) is 3.